The molecule has 0 aromatic carbocycles. The van der Waals surface area contributed by atoms with Gasteiger partial charge in [-0.15, -0.1) is 71.9 Å². The molecule has 12 bridgehead atoms. The molecule has 13 aliphatic rings. The van der Waals surface area contributed by atoms with Crippen molar-refractivity contribution < 1.29 is 106 Å². The topological polar surface area (TPSA) is 523 Å². The van der Waals surface area contributed by atoms with E-state index in [0.717, 1.165) is 87.1 Å². The Morgan fingerprint density at radius 3 is 1.45 bits per heavy atom. The summed E-state index contributed by atoms with van der Waals surface area (Å²) in [5.74, 6) is 6.87. The van der Waals surface area contributed by atoms with Crippen molar-refractivity contribution in [2.45, 2.75) is 169 Å². The van der Waals surface area contributed by atoms with Crippen LogP contribution in [0.3, 0.4) is 0 Å². The maximum absolute atomic E-state index is 13.7. The molecule has 1 aliphatic heterocycles. The van der Waals surface area contributed by atoms with Gasteiger partial charge >= 0.3 is 47.9 Å². The number of methoxy groups -OCH3 is 4. The van der Waals surface area contributed by atoms with Gasteiger partial charge in [0.05, 0.1) is 87.0 Å². The Kier molecular flexibility index (Phi) is 49.2. The second-order valence-electron chi connectivity index (χ2n) is 30.3. The highest BCUT2D eigenvalue weighted by molar-refractivity contribution is 8.26. The first-order valence-corrected chi connectivity index (χ1v) is 45.4. The number of nitrogens with zero attached hydrogens (tertiary/aromatic N) is 7. The number of rotatable bonds is 28. The van der Waals surface area contributed by atoms with Gasteiger partial charge in [0, 0.05) is 75.6 Å². The second kappa shape index (κ2) is 54.9. The number of aromatic nitrogens is 3. The zero-order valence-corrected chi connectivity index (χ0v) is 74.2. The summed E-state index contributed by atoms with van der Waals surface area (Å²) in [5, 5.41) is 42.0. The number of carboxylic acid groups (broad SMARTS) is 2. The lowest BCUT2D eigenvalue weighted by Crippen LogP contribution is -2.63. The van der Waals surface area contributed by atoms with E-state index in [1.807, 2.05) is 36.4 Å². The summed E-state index contributed by atoms with van der Waals surface area (Å²) in [7, 11) is 13.6. The van der Waals surface area contributed by atoms with Crippen LogP contribution in [0, 0.1) is 53.3 Å². The summed E-state index contributed by atoms with van der Waals surface area (Å²) >= 11 is 4.72. The third-order valence-electron chi connectivity index (χ3n) is 22.0. The van der Waals surface area contributed by atoms with Gasteiger partial charge in [0.15, 0.2) is 6.29 Å². The summed E-state index contributed by atoms with van der Waals surface area (Å²) < 4.78 is 27.6. The lowest BCUT2D eigenvalue weighted by atomic mass is 9.52. The van der Waals surface area contributed by atoms with Crippen LogP contribution in [-0.4, -0.2) is 254 Å². The van der Waals surface area contributed by atoms with Crippen molar-refractivity contribution in [2.75, 3.05) is 81.6 Å². The number of pyridine rings is 3. The first-order valence-electron chi connectivity index (χ1n) is 37.9. The van der Waals surface area contributed by atoms with Crippen molar-refractivity contribution in [3.05, 3.63) is 90.3 Å². The van der Waals surface area contributed by atoms with Gasteiger partial charge in [-0.25, -0.2) is 34.8 Å². The number of amides is 6. The Bertz CT molecular complexity index is 3670. The first-order chi connectivity index (χ1) is 56.0. The molecule has 119 heavy (non-hydrogen) atoms. The number of imide groups is 1. The predicted octanol–water partition coefficient (Wildman–Crippen LogP) is 8.05. The van der Waals surface area contributed by atoms with E-state index in [1.54, 1.807) is 58.1 Å². The number of nitrogens with one attached hydrogen (secondary N) is 2. The van der Waals surface area contributed by atoms with E-state index in [1.165, 1.54) is 146 Å². The molecule has 34 nitrogen and oxygen atoms in total. The van der Waals surface area contributed by atoms with Crippen molar-refractivity contribution in [3.8, 4) is 0 Å². The van der Waals surface area contributed by atoms with Crippen molar-refractivity contribution in [3.63, 3.8) is 0 Å². The van der Waals surface area contributed by atoms with Crippen molar-refractivity contribution >= 4 is 175 Å². The van der Waals surface area contributed by atoms with Gasteiger partial charge in [0.25, 0.3) is 11.8 Å². The molecule has 13 fully saturated rings. The van der Waals surface area contributed by atoms with Gasteiger partial charge in [0.1, 0.15) is 29.9 Å². The number of isocyanates is 1. The minimum atomic E-state index is -1.67. The molecule has 666 valence electrons. The van der Waals surface area contributed by atoms with E-state index in [4.69, 9.17) is 50.9 Å². The summed E-state index contributed by atoms with van der Waals surface area (Å²) in [6, 6.07) is 12.7. The van der Waals surface area contributed by atoms with Gasteiger partial charge in [-0.1, -0.05) is 18.2 Å². The minimum Gasteiger partial charge on any atom is -0.481 e. The number of carboxylic acids is 2. The lowest BCUT2D eigenvalue weighted by molar-refractivity contribution is -0.145. The predicted molar refractivity (Wildman–Crippen MR) is 455 cm³/mol. The lowest BCUT2D eigenvalue weighted by Gasteiger charge is -2.58. The van der Waals surface area contributed by atoms with Crippen molar-refractivity contribution in [1.29, 1.82) is 0 Å². The summed E-state index contributed by atoms with van der Waals surface area (Å²) in [4.78, 5) is 160. The molecule has 13 N–H and O–H groups in total. The van der Waals surface area contributed by atoms with Crippen LogP contribution >= 0.6 is 93.2 Å². The number of hydrogen-bond acceptors (Lipinski definition) is 31. The normalized spacial score (nSPS) is 25.7. The molecular weight excluding hydrogens is 1740 g/mol. The molecule has 4 heterocycles. The quantitative estimate of drug-likeness (QED) is 0.00378. The van der Waals surface area contributed by atoms with E-state index in [-0.39, 0.29) is 119 Å². The van der Waals surface area contributed by atoms with E-state index in [2.05, 4.69) is 62.0 Å². The minimum absolute atomic E-state index is 0. The largest absolute Gasteiger partial charge is 0.481 e. The SMILES string of the molecule is CO.COC(=O)CSCC(C(=O)OC)N(Cc1ccccn1)C(=O)NC12CC3CC(CC(C3)C1)C2.COC(=O)CSCC(N)C(=O)OC.Cl.Cl.NC(CSCC(=O)O)C(=O)O.NO.O=C(CSCC1C(=O)N(C23CC4CC(CC(C4)C2)C3)C(=O)N1Cc1ccccn1)NO.O=C=NC12CC3CC(CC(C3)C1)C2.O=Cc1ccccn1.O=S(Cl)Cl. The number of aldehydes is 1. The maximum Gasteiger partial charge on any atom is 0.329 e. The number of urea groups is 2. The third-order valence-corrected chi connectivity index (χ3v) is 26.1. The summed E-state index contributed by atoms with van der Waals surface area (Å²) in [6.45, 7) is 0.448. The number of halogens is 4. The highest BCUT2D eigenvalue weighted by atomic mass is 36.0. The number of aliphatic hydroxyl groups is 1. The number of aliphatic hydroxyl groups excluding tert-OH is 1. The molecule has 0 spiro atoms. The van der Waals surface area contributed by atoms with Crippen LogP contribution in [0.2, 0.25) is 0 Å². The molecular formula is C76H112Cl4N12O22S5. The number of hydrogen-bond donors (Lipinski definition) is 10. The Balaban J connectivity index is 0.000000387. The molecule has 4 atom stereocenters. The number of nitrogens with two attached hydrogens (primary N) is 3. The number of carbonyl (C=O) groups is 11. The zero-order chi connectivity index (χ0) is 86.4. The van der Waals surface area contributed by atoms with Gasteiger partial charge < -0.3 is 66.1 Å². The molecule has 16 rings (SSSR count). The molecule has 4 unspecified atom stereocenters. The molecule has 6 amide bonds. The number of aliphatic carboxylic acids is 2. The highest BCUT2D eigenvalue weighted by Gasteiger charge is 2.61. The number of aliphatic imine (C=N–C) groups is 1. The molecule has 3 aromatic rings. The van der Waals surface area contributed by atoms with Crippen LogP contribution in [0.5, 0.6) is 0 Å². The number of carbonyl (C=O) groups excluding carboxylic acids is 10. The Hall–Kier alpha value is -6.53. The number of thioether (sulfide) groups is 4. The smallest absolute Gasteiger partial charge is 0.329 e. The van der Waals surface area contributed by atoms with Crippen LogP contribution < -0.4 is 28.2 Å². The third kappa shape index (κ3) is 34.3. The first kappa shape index (κ1) is 107. The average molecular weight is 1850 g/mol. The summed E-state index contributed by atoms with van der Waals surface area (Å²) in [5.41, 5.74) is 13.5. The number of ether oxygens (including phenoxy) is 4. The fraction of sp³-hybridized carbons (Fsp3) is 0.645. The van der Waals surface area contributed by atoms with E-state index >= 15 is 0 Å². The fourth-order valence-corrected chi connectivity index (χ4v) is 22.0. The molecule has 3 aromatic heterocycles. The van der Waals surface area contributed by atoms with Crippen molar-refractivity contribution in [1.82, 2.24) is 40.4 Å². The van der Waals surface area contributed by atoms with Crippen LogP contribution in [0.4, 0.5) is 9.59 Å². The van der Waals surface area contributed by atoms with Gasteiger partial charge in [0.2, 0.25) is 15.3 Å². The van der Waals surface area contributed by atoms with E-state index < -0.39 is 63.2 Å². The summed E-state index contributed by atoms with van der Waals surface area (Å²) in [6.07, 6.45) is 28.6. The fourth-order valence-electron chi connectivity index (χ4n) is 18.6. The van der Waals surface area contributed by atoms with Gasteiger partial charge in [-0.05, 0) is 205 Å². The maximum atomic E-state index is 13.7. The highest BCUT2D eigenvalue weighted by Crippen LogP contribution is 2.60. The van der Waals surface area contributed by atoms with E-state index in [0.29, 0.717) is 58.4 Å². The van der Waals surface area contributed by atoms with Crippen LogP contribution in [-0.2, 0) is 84.4 Å². The Morgan fingerprint density at radius 2 is 1.06 bits per heavy atom. The molecule has 1 saturated heterocycles. The van der Waals surface area contributed by atoms with Gasteiger partial charge in [-0.3, -0.25) is 63.4 Å². The number of hydroxylamine groups is 1. The molecule has 12 saturated carbocycles. The standard InChI is InChI=1S/C24H33N3O5S.C22H28N4O4S.C11H15NO.C7H13NO4S.C6H5NO.C5H9NO4S.CH4O.Cl2OS.2ClH.H3NO/c1-31-21(28)15-33-14-20(22(29)32-2)27(13-19-5-3-4-6-25-19)23(30)26-24-10-16-7-17(11-24)9-18(8-16)12-24;27-19(24-30)13-31-12-18-20(28)26(21(29)25(18)11-17-3-1-2-4-23-17)22-8-14-5-15(9-22)7-16(6-14)10-22;13-7-12-11-4-8-1-9(5-11)3-10(2-8)6-11;1-11-6(9)4-13-3-5(8)7(10)12-2;8-5-6-3-1-2-4-7-6;6-3(5(9)10)1-11-2-4(7)8;1-2;1-4(2)3;;;1-2/h3-6,16-18,20H,7-15H2,1-2H3,(H,26,30);1-4,14-16,18,30H,5-13H2,(H,24,27);8-10H,1-6H2;5H,3-4,8H2,1-2H3;1-5H;3H,1-2,6H2,(H,7,8)(H,9,10);2H,1H3;;2*1H;2H,1H2. The van der Waals surface area contributed by atoms with Crippen LogP contribution in [0.25, 0.3) is 0 Å². The van der Waals surface area contributed by atoms with E-state index in [9.17, 15) is 57.5 Å². The number of esters is 4. The van der Waals surface area contributed by atoms with Crippen LogP contribution in [0.1, 0.15) is 137 Å². The van der Waals surface area contributed by atoms with Crippen LogP contribution in [0.15, 0.2) is 78.2 Å². The van der Waals surface area contributed by atoms with Gasteiger partial charge in [-0.2, -0.15) is 4.99 Å². The monoisotopic (exact) mass is 1840 g/mol. The average Bonchev–Trinajstić information content (AvgIpc) is 1.60. The zero-order valence-electron chi connectivity index (χ0n) is 67.0. The Morgan fingerprint density at radius 1 is 0.630 bits per heavy atom. The molecule has 12 aliphatic carbocycles. The Labute approximate surface area is 733 Å². The molecule has 0 radical (unpaired) electrons. The van der Waals surface area contributed by atoms with Crippen molar-refractivity contribution in [2.24, 2.45) is 75.6 Å². The second-order valence-corrected chi connectivity index (χ2v) is 36.9. The molecule has 43 heteroatoms.